The van der Waals surface area contributed by atoms with Gasteiger partial charge in [-0.25, -0.2) is 0 Å². The molecule has 0 bridgehead atoms. The van der Waals surface area contributed by atoms with Crippen LogP contribution < -0.4 is 5.56 Å². The summed E-state index contributed by atoms with van der Waals surface area (Å²) < 4.78 is 6.94. The first-order valence-corrected chi connectivity index (χ1v) is 5.40. The Hall–Kier alpha value is -2.29. The normalized spacial score (nSPS) is 10.9. The van der Waals surface area contributed by atoms with E-state index in [2.05, 4.69) is 0 Å². The summed E-state index contributed by atoms with van der Waals surface area (Å²) in [7, 11) is 1.77. The molecule has 1 aromatic carbocycles. The average molecular weight is 225 g/mol. The second-order valence-electron chi connectivity index (χ2n) is 3.96. The second kappa shape index (κ2) is 3.63. The van der Waals surface area contributed by atoms with Crippen LogP contribution in [0.15, 0.2) is 57.9 Å². The zero-order chi connectivity index (χ0) is 11.8. The summed E-state index contributed by atoms with van der Waals surface area (Å²) in [5.74, 6) is 0.608. The predicted octanol–water partition coefficient (Wildman–Crippen LogP) is 2.80. The third-order valence-electron chi connectivity index (χ3n) is 2.92. The van der Waals surface area contributed by atoms with E-state index in [9.17, 15) is 4.79 Å². The van der Waals surface area contributed by atoms with Crippen LogP contribution in [-0.4, -0.2) is 4.57 Å². The number of fused-ring (bicyclic) bond motifs is 1. The van der Waals surface area contributed by atoms with E-state index in [4.69, 9.17) is 4.42 Å². The third kappa shape index (κ3) is 1.47. The predicted molar refractivity (Wildman–Crippen MR) is 66.9 cm³/mol. The van der Waals surface area contributed by atoms with Crippen LogP contribution in [0.1, 0.15) is 0 Å². The van der Waals surface area contributed by atoms with Crippen molar-refractivity contribution in [2.24, 2.45) is 7.05 Å². The maximum absolute atomic E-state index is 12.2. The lowest BCUT2D eigenvalue weighted by Gasteiger charge is -2.06. The van der Waals surface area contributed by atoms with Crippen molar-refractivity contribution in [3.8, 4) is 11.3 Å². The molecule has 0 saturated carbocycles. The second-order valence-corrected chi connectivity index (χ2v) is 3.96. The summed E-state index contributed by atoms with van der Waals surface area (Å²) in [6.45, 7) is 0. The molecule has 0 radical (unpaired) electrons. The standard InChI is InChI=1S/C14H11NO2/c1-15-12-6-3-2-5-10(12)9-11(14(15)16)13-7-4-8-17-13/h2-9H,1H3. The number of aryl methyl sites for hydroxylation is 1. The van der Waals surface area contributed by atoms with Gasteiger partial charge in [0, 0.05) is 7.05 Å². The minimum atomic E-state index is -0.0429. The molecular formula is C14H11NO2. The molecule has 2 aromatic heterocycles. The summed E-state index contributed by atoms with van der Waals surface area (Å²) in [6, 6.07) is 13.3. The monoisotopic (exact) mass is 225 g/mol. The van der Waals surface area contributed by atoms with Crippen molar-refractivity contribution in [2.45, 2.75) is 0 Å². The average Bonchev–Trinajstić information content (AvgIpc) is 2.87. The van der Waals surface area contributed by atoms with Gasteiger partial charge in [-0.15, -0.1) is 0 Å². The molecule has 0 aliphatic rings. The summed E-state index contributed by atoms with van der Waals surface area (Å²) in [6.07, 6.45) is 1.57. The van der Waals surface area contributed by atoms with Gasteiger partial charge < -0.3 is 8.98 Å². The Kier molecular flexibility index (Phi) is 2.11. The van der Waals surface area contributed by atoms with Gasteiger partial charge in [0.25, 0.3) is 5.56 Å². The molecule has 0 aliphatic carbocycles. The fourth-order valence-electron chi connectivity index (χ4n) is 2.03. The van der Waals surface area contributed by atoms with Gasteiger partial charge in [-0.2, -0.15) is 0 Å². The van der Waals surface area contributed by atoms with Gasteiger partial charge in [0.1, 0.15) is 5.76 Å². The molecule has 0 unspecified atom stereocenters. The van der Waals surface area contributed by atoms with Crippen LogP contribution in [0.4, 0.5) is 0 Å². The maximum atomic E-state index is 12.2. The zero-order valence-electron chi connectivity index (χ0n) is 9.38. The first-order valence-electron chi connectivity index (χ1n) is 5.40. The van der Waals surface area contributed by atoms with Crippen molar-refractivity contribution in [1.82, 2.24) is 4.57 Å². The van der Waals surface area contributed by atoms with E-state index in [0.29, 0.717) is 11.3 Å². The lowest BCUT2D eigenvalue weighted by molar-refractivity contribution is 0.581. The number of hydrogen-bond acceptors (Lipinski definition) is 2. The number of hydrogen-bond donors (Lipinski definition) is 0. The number of benzene rings is 1. The van der Waals surface area contributed by atoms with E-state index in [1.54, 1.807) is 30.0 Å². The molecule has 3 nitrogen and oxygen atoms in total. The van der Waals surface area contributed by atoms with Crippen molar-refractivity contribution in [3.63, 3.8) is 0 Å². The first-order chi connectivity index (χ1) is 8.27. The highest BCUT2D eigenvalue weighted by Gasteiger charge is 2.10. The van der Waals surface area contributed by atoms with Crippen LogP contribution in [0, 0.1) is 0 Å². The number of para-hydroxylation sites is 1. The third-order valence-corrected chi connectivity index (χ3v) is 2.92. The van der Waals surface area contributed by atoms with E-state index < -0.39 is 0 Å². The van der Waals surface area contributed by atoms with Crippen molar-refractivity contribution < 1.29 is 4.42 Å². The van der Waals surface area contributed by atoms with E-state index in [1.807, 2.05) is 30.3 Å². The largest absolute Gasteiger partial charge is 0.464 e. The summed E-state index contributed by atoms with van der Waals surface area (Å²) in [4.78, 5) is 12.2. The summed E-state index contributed by atoms with van der Waals surface area (Å²) in [5, 5.41) is 1.03. The van der Waals surface area contributed by atoms with Crippen LogP contribution >= 0.6 is 0 Å². The Labute approximate surface area is 97.9 Å². The Bertz CT molecular complexity index is 724. The highest BCUT2D eigenvalue weighted by atomic mass is 16.3. The van der Waals surface area contributed by atoms with Gasteiger partial charge in [-0.3, -0.25) is 4.79 Å². The fraction of sp³-hybridized carbons (Fsp3) is 0.0714. The topological polar surface area (TPSA) is 35.1 Å². The van der Waals surface area contributed by atoms with Gasteiger partial charge in [-0.05, 0) is 29.7 Å². The lowest BCUT2D eigenvalue weighted by Crippen LogP contribution is -2.18. The molecule has 0 fully saturated rings. The highest BCUT2D eigenvalue weighted by Crippen LogP contribution is 2.20. The Morgan fingerprint density at radius 3 is 2.71 bits per heavy atom. The van der Waals surface area contributed by atoms with Crippen LogP contribution in [0.3, 0.4) is 0 Å². The molecule has 0 spiro atoms. The molecule has 0 aliphatic heterocycles. The lowest BCUT2D eigenvalue weighted by atomic mass is 10.1. The maximum Gasteiger partial charge on any atom is 0.261 e. The quantitative estimate of drug-likeness (QED) is 0.638. The number of aromatic nitrogens is 1. The summed E-state index contributed by atoms with van der Waals surface area (Å²) in [5.41, 5.74) is 1.47. The minimum absolute atomic E-state index is 0.0429. The molecule has 2 heterocycles. The molecule has 84 valence electrons. The number of rotatable bonds is 1. The van der Waals surface area contributed by atoms with E-state index >= 15 is 0 Å². The summed E-state index contributed by atoms with van der Waals surface area (Å²) >= 11 is 0. The number of pyridine rings is 1. The molecule has 0 amide bonds. The molecular weight excluding hydrogens is 214 g/mol. The molecule has 3 aromatic rings. The van der Waals surface area contributed by atoms with Gasteiger partial charge in [0.05, 0.1) is 17.3 Å². The van der Waals surface area contributed by atoms with Crippen molar-refractivity contribution >= 4 is 10.9 Å². The van der Waals surface area contributed by atoms with Crippen LogP contribution in [0.5, 0.6) is 0 Å². The highest BCUT2D eigenvalue weighted by molar-refractivity contribution is 5.83. The zero-order valence-corrected chi connectivity index (χ0v) is 9.38. The van der Waals surface area contributed by atoms with Crippen LogP contribution in [-0.2, 0) is 7.05 Å². The Balaban J connectivity index is 2.42. The van der Waals surface area contributed by atoms with Crippen molar-refractivity contribution in [2.75, 3.05) is 0 Å². The number of nitrogens with zero attached hydrogens (tertiary/aromatic N) is 1. The van der Waals surface area contributed by atoms with Crippen LogP contribution in [0.2, 0.25) is 0 Å². The fourth-order valence-corrected chi connectivity index (χ4v) is 2.03. The van der Waals surface area contributed by atoms with E-state index in [1.165, 1.54) is 0 Å². The molecule has 17 heavy (non-hydrogen) atoms. The van der Waals surface area contributed by atoms with Gasteiger partial charge in [0.15, 0.2) is 0 Å². The van der Waals surface area contributed by atoms with Crippen molar-refractivity contribution in [1.29, 1.82) is 0 Å². The smallest absolute Gasteiger partial charge is 0.261 e. The molecule has 0 saturated heterocycles. The minimum Gasteiger partial charge on any atom is -0.464 e. The van der Waals surface area contributed by atoms with Crippen molar-refractivity contribution in [3.05, 3.63) is 59.1 Å². The van der Waals surface area contributed by atoms with E-state index in [0.717, 1.165) is 10.9 Å². The SMILES string of the molecule is Cn1c(=O)c(-c2ccco2)cc2ccccc21. The van der Waals surface area contributed by atoms with Gasteiger partial charge in [-0.1, -0.05) is 18.2 Å². The molecule has 3 rings (SSSR count). The first kappa shape index (κ1) is 9.90. The van der Waals surface area contributed by atoms with E-state index in [-0.39, 0.29) is 5.56 Å². The molecule has 0 N–H and O–H groups in total. The van der Waals surface area contributed by atoms with Crippen LogP contribution in [0.25, 0.3) is 22.2 Å². The number of furan rings is 1. The Morgan fingerprint density at radius 1 is 1.12 bits per heavy atom. The molecule has 0 atom stereocenters. The van der Waals surface area contributed by atoms with Gasteiger partial charge in [0.2, 0.25) is 0 Å². The Morgan fingerprint density at radius 2 is 1.94 bits per heavy atom. The van der Waals surface area contributed by atoms with Gasteiger partial charge >= 0.3 is 0 Å². The molecule has 3 heteroatoms.